The summed E-state index contributed by atoms with van der Waals surface area (Å²) in [5.41, 5.74) is -0.694. The van der Waals surface area contributed by atoms with Gasteiger partial charge in [0.25, 0.3) is 0 Å². The molecule has 1 aromatic heterocycles. The van der Waals surface area contributed by atoms with Gasteiger partial charge < -0.3 is 10.2 Å². The molecular formula is C14H12BrN3O4. The largest absolute Gasteiger partial charge is 0.388 e. The Kier molecular flexibility index (Phi) is 2.69. The highest BCUT2D eigenvalue weighted by Crippen LogP contribution is 2.43. The molecule has 8 heteroatoms. The Labute approximate surface area is 132 Å². The first-order valence-corrected chi connectivity index (χ1v) is 7.53. The first kappa shape index (κ1) is 13.7. The van der Waals surface area contributed by atoms with E-state index >= 15 is 0 Å². The van der Waals surface area contributed by atoms with E-state index in [9.17, 15) is 19.8 Å². The lowest BCUT2D eigenvalue weighted by Crippen LogP contribution is -2.62. The maximum atomic E-state index is 12.7. The Morgan fingerprint density at radius 3 is 2.45 bits per heavy atom. The number of aromatic nitrogens is 3. The van der Waals surface area contributed by atoms with Crippen molar-refractivity contribution in [2.24, 2.45) is 0 Å². The molecule has 0 spiro atoms. The standard InChI is InChI=1S/C14H12BrN3O4/c15-14-7-6-9(10(19)11(14)20)17-12(21)16(13(22)18(14)17)8-4-2-1-3-5-8/h1-7,9-11,19-20H/t9-,10-,11-,14+/m0/s1. The van der Waals surface area contributed by atoms with E-state index in [0.717, 1.165) is 9.25 Å². The summed E-state index contributed by atoms with van der Waals surface area (Å²) in [6.07, 6.45) is 0.799. The lowest BCUT2D eigenvalue weighted by molar-refractivity contribution is -0.0736. The third-order valence-corrected chi connectivity index (χ3v) is 5.28. The molecule has 0 radical (unpaired) electrons. The second kappa shape index (κ2) is 4.31. The van der Waals surface area contributed by atoms with Crippen LogP contribution < -0.4 is 11.4 Å². The number of hydrogen-bond acceptors (Lipinski definition) is 4. The van der Waals surface area contributed by atoms with E-state index in [-0.39, 0.29) is 0 Å². The summed E-state index contributed by atoms with van der Waals surface area (Å²) < 4.78 is 2.03. The normalized spacial score (nSPS) is 32.2. The van der Waals surface area contributed by atoms with Crippen molar-refractivity contribution in [3.63, 3.8) is 0 Å². The third kappa shape index (κ3) is 1.47. The van der Waals surface area contributed by atoms with Crippen molar-refractivity contribution in [1.29, 1.82) is 0 Å². The van der Waals surface area contributed by atoms with E-state index in [4.69, 9.17) is 0 Å². The van der Waals surface area contributed by atoms with E-state index in [1.807, 2.05) is 0 Å². The van der Waals surface area contributed by atoms with Crippen molar-refractivity contribution in [2.45, 2.75) is 22.7 Å². The summed E-state index contributed by atoms with van der Waals surface area (Å²) in [6.45, 7) is 0. The van der Waals surface area contributed by atoms with Gasteiger partial charge in [0.15, 0.2) is 4.45 Å². The van der Waals surface area contributed by atoms with Crippen molar-refractivity contribution in [1.82, 2.24) is 13.9 Å². The predicted molar refractivity (Wildman–Crippen MR) is 81.4 cm³/mol. The van der Waals surface area contributed by atoms with E-state index in [2.05, 4.69) is 15.9 Å². The number of halogens is 1. The molecule has 2 aromatic rings. The highest BCUT2D eigenvalue weighted by molar-refractivity contribution is 9.09. The minimum absolute atomic E-state index is 0.436. The lowest BCUT2D eigenvalue weighted by atomic mass is 9.90. The fourth-order valence-corrected chi connectivity index (χ4v) is 3.87. The molecule has 5 rings (SSSR count). The maximum absolute atomic E-state index is 12.7. The first-order chi connectivity index (χ1) is 10.5. The van der Waals surface area contributed by atoms with Crippen LogP contribution in [0.3, 0.4) is 0 Å². The monoisotopic (exact) mass is 365 g/mol. The summed E-state index contributed by atoms with van der Waals surface area (Å²) in [7, 11) is 0. The fraction of sp³-hybridized carbons (Fsp3) is 0.286. The van der Waals surface area contributed by atoms with Gasteiger partial charge in [-0.15, -0.1) is 0 Å². The van der Waals surface area contributed by atoms with Gasteiger partial charge in [-0.3, -0.25) is 0 Å². The van der Waals surface area contributed by atoms with E-state index in [1.165, 1.54) is 4.68 Å². The minimum Gasteiger partial charge on any atom is -0.388 e. The molecule has 4 atom stereocenters. The van der Waals surface area contributed by atoms with Gasteiger partial charge in [0, 0.05) is 0 Å². The highest BCUT2D eigenvalue weighted by Gasteiger charge is 2.54. The zero-order valence-electron chi connectivity index (χ0n) is 11.2. The summed E-state index contributed by atoms with van der Waals surface area (Å²) >= 11 is 3.30. The van der Waals surface area contributed by atoms with E-state index in [0.29, 0.717) is 5.69 Å². The number of aliphatic hydroxyl groups is 2. The average molecular weight is 366 g/mol. The quantitative estimate of drug-likeness (QED) is 0.536. The van der Waals surface area contributed by atoms with Gasteiger partial charge in [-0.1, -0.05) is 40.2 Å². The summed E-state index contributed by atoms with van der Waals surface area (Å²) in [4.78, 5) is 25.4. The van der Waals surface area contributed by atoms with Crippen LogP contribution in [0.25, 0.3) is 5.69 Å². The van der Waals surface area contributed by atoms with Crippen LogP contribution >= 0.6 is 15.9 Å². The molecule has 7 nitrogen and oxygen atoms in total. The molecule has 3 aliphatic rings. The predicted octanol–water partition coefficient (Wildman–Crippen LogP) is -0.305. The Bertz CT molecular complexity index is 897. The van der Waals surface area contributed by atoms with E-state index < -0.39 is 34.1 Å². The molecule has 114 valence electrons. The molecule has 22 heavy (non-hydrogen) atoms. The summed E-state index contributed by atoms with van der Waals surface area (Å²) in [5, 5.41) is 20.4. The number of nitrogens with zero attached hydrogens (tertiary/aromatic N) is 3. The van der Waals surface area contributed by atoms with Crippen molar-refractivity contribution in [2.75, 3.05) is 0 Å². The van der Waals surface area contributed by atoms with Gasteiger partial charge in [-0.2, -0.15) is 0 Å². The Hall–Kier alpha value is -1.90. The molecule has 2 N–H and O–H groups in total. The molecular weight excluding hydrogens is 354 g/mol. The smallest absolute Gasteiger partial charge is 0.353 e. The number of rotatable bonds is 1. The Balaban J connectivity index is 2.08. The second-order valence-electron chi connectivity index (χ2n) is 5.41. The van der Waals surface area contributed by atoms with Crippen LogP contribution in [-0.4, -0.2) is 36.4 Å². The molecule has 2 bridgehead atoms. The first-order valence-electron chi connectivity index (χ1n) is 6.73. The van der Waals surface area contributed by atoms with Crippen molar-refractivity contribution >= 4 is 15.9 Å². The fourth-order valence-electron chi connectivity index (χ4n) is 3.12. The van der Waals surface area contributed by atoms with Crippen LogP contribution in [0.1, 0.15) is 6.04 Å². The van der Waals surface area contributed by atoms with Crippen molar-refractivity contribution in [3.8, 4) is 5.69 Å². The van der Waals surface area contributed by atoms with Crippen LogP contribution in [0, 0.1) is 0 Å². The molecule has 0 fully saturated rings. The Morgan fingerprint density at radius 2 is 1.77 bits per heavy atom. The summed E-state index contributed by atoms with van der Waals surface area (Å²) in [6, 6.07) is 7.76. The van der Waals surface area contributed by atoms with Crippen LogP contribution in [0.15, 0.2) is 52.1 Å². The Morgan fingerprint density at radius 1 is 1.09 bits per heavy atom. The van der Waals surface area contributed by atoms with Gasteiger partial charge in [0.1, 0.15) is 18.2 Å². The van der Waals surface area contributed by atoms with Crippen LogP contribution in [0.5, 0.6) is 0 Å². The number of fused-ring (bicyclic) bond motifs is 1. The topological polar surface area (TPSA) is 89.4 Å². The lowest BCUT2D eigenvalue weighted by Gasteiger charge is -2.46. The van der Waals surface area contributed by atoms with Crippen molar-refractivity contribution in [3.05, 3.63) is 63.5 Å². The molecule has 0 unspecified atom stereocenters. The van der Waals surface area contributed by atoms with Gasteiger partial charge in [-0.05, 0) is 18.2 Å². The summed E-state index contributed by atoms with van der Waals surface area (Å²) in [5.74, 6) is 0. The number of alkyl halides is 1. The molecule has 0 saturated heterocycles. The van der Waals surface area contributed by atoms with Gasteiger partial charge in [0.05, 0.1) is 5.69 Å². The van der Waals surface area contributed by atoms with E-state index in [1.54, 1.807) is 42.5 Å². The highest BCUT2D eigenvalue weighted by atomic mass is 79.9. The van der Waals surface area contributed by atoms with Crippen LogP contribution in [-0.2, 0) is 4.45 Å². The average Bonchev–Trinajstić information content (AvgIpc) is 2.79. The number of benzene rings is 1. The van der Waals surface area contributed by atoms with Crippen LogP contribution in [0.4, 0.5) is 0 Å². The third-order valence-electron chi connectivity index (χ3n) is 4.21. The zero-order chi connectivity index (χ0) is 15.6. The maximum Gasteiger partial charge on any atom is 0.353 e. The van der Waals surface area contributed by atoms with Crippen molar-refractivity contribution < 1.29 is 10.2 Å². The van der Waals surface area contributed by atoms with Gasteiger partial charge in [0.2, 0.25) is 0 Å². The number of hydrogen-bond donors (Lipinski definition) is 2. The SMILES string of the molecule is O=c1n(-c2ccccc2)c(=O)n2n1[C@H]1C=C[C@]2(Br)[C@@H](O)[C@H]1O. The number of aliphatic hydroxyl groups excluding tert-OH is 2. The van der Waals surface area contributed by atoms with Gasteiger partial charge in [-0.25, -0.2) is 23.5 Å². The zero-order valence-corrected chi connectivity index (χ0v) is 12.8. The second-order valence-corrected chi connectivity index (χ2v) is 6.68. The molecule has 1 aliphatic carbocycles. The van der Waals surface area contributed by atoms with Gasteiger partial charge >= 0.3 is 11.4 Å². The molecule has 3 heterocycles. The molecule has 1 aromatic carbocycles. The minimum atomic E-state index is -1.34. The van der Waals surface area contributed by atoms with Crippen LogP contribution in [0.2, 0.25) is 0 Å². The number of para-hydroxylation sites is 1. The molecule has 0 amide bonds. The molecule has 0 saturated carbocycles. The molecule has 2 aliphatic heterocycles.